The molecule has 0 bridgehead atoms. The minimum Gasteiger partial charge on any atom is -0.394 e. The molecule has 13 heavy (non-hydrogen) atoms. The van der Waals surface area contributed by atoms with Gasteiger partial charge in [-0.05, 0) is 25.5 Å². The highest BCUT2D eigenvalue weighted by Crippen LogP contribution is 2.26. The Hall–Kier alpha value is -0.220. The minimum absolute atomic E-state index is 0.0119. The second-order valence-corrected chi connectivity index (χ2v) is 4.59. The van der Waals surface area contributed by atoms with Crippen molar-refractivity contribution in [1.29, 1.82) is 0 Å². The fraction of sp³-hybridized carbons (Fsp3) is 0.889. The molecule has 0 aromatic carbocycles. The van der Waals surface area contributed by atoms with Gasteiger partial charge in [-0.2, -0.15) is 12.6 Å². The summed E-state index contributed by atoms with van der Waals surface area (Å²) in [5, 5.41) is 9.12. The Labute approximate surface area is 84.5 Å². The van der Waals surface area contributed by atoms with Crippen molar-refractivity contribution >= 4 is 18.5 Å². The standard InChI is InChI=1S/C9H17NO2S/c1-9(2,6-11)10-4-7(5-13)3-8(10)12/h7,11,13H,3-6H2,1-2H3. The van der Waals surface area contributed by atoms with E-state index in [-0.39, 0.29) is 12.5 Å². The highest BCUT2D eigenvalue weighted by Gasteiger charge is 2.37. The van der Waals surface area contributed by atoms with E-state index in [2.05, 4.69) is 12.6 Å². The molecular weight excluding hydrogens is 186 g/mol. The van der Waals surface area contributed by atoms with Crippen LogP contribution in [0.4, 0.5) is 0 Å². The van der Waals surface area contributed by atoms with Crippen LogP contribution in [0.3, 0.4) is 0 Å². The Morgan fingerprint density at radius 3 is 2.69 bits per heavy atom. The molecule has 1 unspecified atom stereocenters. The van der Waals surface area contributed by atoms with E-state index >= 15 is 0 Å². The van der Waals surface area contributed by atoms with E-state index in [9.17, 15) is 4.79 Å². The van der Waals surface area contributed by atoms with Crippen molar-refractivity contribution in [3.05, 3.63) is 0 Å². The summed E-state index contributed by atoms with van der Waals surface area (Å²) in [6.07, 6.45) is 0.576. The molecule has 76 valence electrons. The molecule has 0 aromatic rings. The van der Waals surface area contributed by atoms with Gasteiger partial charge in [0.2, 0.25) is 5.91 Å². The molecule has 1 heterocycles. The van der Waals surface area contributed by atoms with Gasteiger partial charge in [0, 0.05) is 13.0 Å². The summed E-state index contributed by atoms with van der Waals surface area (Å²) in [6.45, 7) is 4.51. The molecule has 3 nitrogen and oxygen atoms in total. The number of nitrogens with zero attached hydrogens (tertiary/aromatic N) is 1. The smallest absolute Gasteiger partial charge is 0.223 e. The lowest BCUT2D eigenvalue weighted by Gasteiger charge is -2.34. The maximum absolute atomic E-state index is 11.5. The maximum Gasteiger partial charge on any atom is 0.223 e. The molecule has 1 N–H and O–H groups in total. The van der Waals surface area contributed by atoms with Crippen LogP contribution in [0.2, 0.25) is 0 Å². The van der Waals surface area contributed by atoms with E-state index in [0.717, 1.165) is 12.3 Å². The number of thiol groups is 1. The van der Waals surface area contributed by atoms with Crippen LogP contribution in [0.15, 0.2) is 0 Å². The summed E-state index contributed by atoms with van der Waals surface area (Å²) in [5.74, 6) is 1.23. The second kappa shape index (κ2) is 3.88. The van der Waals surface area contributed by atoms with Crippen LogP contribution < -0.4 is 0 Å². The highest BCUT2D eigenvalue weighted by atomic mass is 32.1. The monoisotopic (exact) mass is 203 g/mol. The predicted molar refractivity (Wildman–Crippen MR) is 54.8 cm³/mol. The van der Waals surface area contributed by atoms with Gasteiger partial charge in [0.1, 0.15) is 0 Å². The summed E-state index contributed by atoms with van der Waals surface area (Å²) in [4.78, 5) is 13.3. The van der Waals surface area contributed by atoms with Gasteiger partial charge in [-0.1, -0.05) is 0 Å². The van der Waals surface area contributed by atoms with Crippen molar-refractivity contribution in [3.8, 4) is 0 Å². The lowest BCUT2D eigenvalue weighted by atomic mass is 10.1. The number of aliphatic hydroxyl groups excluding tert-OH is 1. The van der Waals surface area contributed by atoms with Gasteiger partial charge < -0.3 is 10.0 Å². The first-order chi connectivity index (χ1) is 6.01. The number of hydrogen-bond donors (Lipinski definition) is 2. The number of aliphatic hydroxyl groups is 1. The first kappa shape index (κ1) is 10.9. The molecule has 1 aliphatic heterocycles. The molecule has 0 saturated carbocycles. The number of carbonyl (C=O) groups excluding carboxylic acids is 1. The fourth-order valence-corrected chi connectivity index (χ4v) is 1.82. The Morgan fingerprint density at radius 2 is 2.31 bits per heavy atom. The highest BCUT2D eigenvalue weighted by molar-refractivity contribution is 7.80. The lowest BCUT2D eigenvalue weighted by molar-refractivity contribution is -0.133. The van der Waals surface area contributed by atoms with Crippen molar-refractivity contribution in [2.75, 3.05) is 18.9 Å². The van der Waals surface area contributed by atoms with Crippen LogP contribution in [0, 0.1) is 5.92 Å². The van der Waals surface area contributed by atoms with Crippen LogP contribution in [0.1, 0.15) is 20.3 Å². The van der Waals surface area contributed by atoms with Gasteiger partial charge >= 0.3 is 0 Å². The Kier molecular flexibility index (Phi) is 3.24. The molecule has 4 heteroatoms. The van der Waals surface area contributed by atoms with E-state index in [1.54, 1.807) is 4.90 Å². The molecule has 0 radical (unpaired) electrons. The first-order valence-corrected chi connectivity index (χ1v) is 5.16. The van der Waals surface area contributed by atoms with E-state index in [1.165, 1.54) is 0 Å². The summed E-state index contributed by atoms with van der Waals surface area (Å²) in [6, 6.07) is 0. The van der Waals surface area contributed by atoms with Crippen molar-refractivity contribution in [1.82, 2.24) is 4.90 Å². The van der Waals surface area contributed by atoms with Crippen LogP contribution in [-0.4, -0.2) is 40.4 Å². The SMILES string of the molecule is CC(C)(CO)N1CC(CS)CC1=O. The van der Waals surface area contributed by atoms with Crippen molar-refractivity contribution < 1.29 is 9.90 Å². The summed E-state index contributed by atoms with van der Waals surface area (Å²) in [7, 11) is 0. The van der Waals surface area contributed by atoms with E-state index in [1.807, 2.05) is 13.8 Å². The second-order valence-electron chi connectivity index (χ2n) is 4.23. The van der Waals surface area contributed by atoms with Crippen molar-refractivity contribution in [2.24, 2.45) is 5.92 Å². The summed E-state index contributed by atoms with van der Waals surface area (Å²) < 4.78 is 0. The van der Waals surface area contributed by atoms with E-state index in [4.69, 9.17) is 5.11 Å². The van der Waals surface area contributed by atoms with Crippen molar-refractivity contribution in [2.45, 2.75) is 25.8 Å². The number of amides is 1. The van der Waals surface area contributed by atoms with E-state index < -0.39 is 5.54 Å². The molecular formula is C9H17NO2S. The Balaban J connectivity index is 2.67. The molecule has 1 atom stereocenters. The zero-order valence-electron chi connectivity index (χ0n) is 8.16. The quantitative estimate of drug-likeness (QED) is 0.657. The molecule has 1 aliphatic rings. The minimum atomic E-state index is -0.422. The number of carbonyl (C=O) groups is 1. The predicted octanol–water partition coefficient (Wildman–Crippen LogP) is 0.536. The molecule has 0 aromatic heterocycles. The van der Waals surface area contributed by atoms with Gasteiger partial charge in [0.05, 0.1) is 12.1 Å². The van der Waals surface area contributed by atoms with Crippen molar-refractivity contribution in [3.63, 3.8) is 0 Å². The zero-order chi connectivity index (χ0) is 10.1. The topological polar surface area (TPSA) is 40.5 Å². The van der Waals surface area contributed by atoms with Crippen LogP contribution in [0.25, 0.3) is 0 Å². The third kappa shape index (κ3) is 2.17. The largest absolute Gasteiger partial charge is 0.394 e. The lowest BCUT2D eigenvalue weighted by Crippen LogP contribution is -2.47. The van der Waals surface area contributed by atoms with Gasteiger partial charge in [0.25, 0.3) is 0 Å². The maximum atomic E-state index is 11.5. The Morgan fingerprint density at radius 1 is 1.69 bits per heavy atom. The Bertz CT molecular complexity index is 206. The molecule has 1 saturated heterocycles. The molecule has 1 rings (SSSR count). The third-order valence-corrected chi connectivity index (χ3v) is 3.10. The molecule has 1 fully saturated rings. The van der Waals surface area contributed by atoms with Gasteiger partial charge in [-0.15, -0.1) is 0 Å². The third-order valence-electron chi connectivity index (χ3n) is 2.58. The zero-order valence-corrected chi connectivity index (χ0v) is 9.05. The average molecular weight is 203 g/mol. The van der Waals surface area contributed by atoms with Gasteiger partial charge in [0.15, 0.2) is 0 Å². The molecule has 0 aliphatic carbocycles. The number of likely N-dealkylation sites (tertiary alicyclic amines) is 1. The van der Waals surface area contributed by atoms with Gasteiger partial charge in [-0.25, -0.2) is 0 Å². The molecule has 0 spiro atoms. The number of hydrogen-bond acceptors (Lipinski definition) is 3. The summed E-state index contributed by atoms with van der Waals surface area (Å²) >= 11 is 4.18. The van der Waals surface area contributed by atoms with Crippen LogP contribution in [0.5, 0.6) is 0 Å². The number of rotatable bonds is 3. The average Bonchev–Trinajstić information content (AvgIpc) is 2.47. The van der Waals surface area contributed by atoms with E-state index in [0.29, 0.717) is 12.3 Å². The van der Waals surface area contributed by atoms with Crippen LogP contribution >= 0.6 is 12.6 Å². The van der Waals surface area contributed by atoms with Gasteiger partial charge in [-0.3, -0.25) is 4.79 Å². The molecule has 1 amide bonds. The summed E-state index contributed by atoms with van der Waals surface area (Å²) in [5.41, 5.74) is -0.422. The fourth-order valence-electron chi connectivity index (χ4n) is 1.57. The first-order valence-electron chi connectivity index (χ1n) is 4.53. The normalized spacial score (nSPS) is 24.2. The van der Waals surface area contributed by atoms with Crippen LogP contribution in [-0.2, 0) is 4.79 Å².